The Kier molecular flexibility index (Phi) is 3.89. The number of amides is 1. The van der Waals surface area contributed by atoms with E-state index in [9.17, 15) is 13.6 Å². The summed E-state index contributed by atoms with van der Waals surface area (Å²) in [6.45, 7) is 5.51. The standard InChI is InChI=1S/C13H19F2N3O/c1-13(2)9-16-5-7-18(13)12(19)10-4-3-6-17(10)8-11(14)15/h3-4,6,11,16H,5,7-9H2,1-2H3. The number of piperazine rings is 1. The Labute approximate surface area is 111 Å². The second-order valence-corrected chi connectivity index (χ2v) is 5.38. The third-order valence-electron chi connectivity index (χ3n) is 3.43. The van der Waals surface area contributed by atoms with E-state index in [-0.39, 0.29) is 11.4 Å². The SMILES string of the molecule is CC1(C)CNCCN1C(=O)c1cccn1CC(F)F. The molecule has 0 bridgehead atoms. The van der Waals surface area contributed by atoms with Gasteiger partial charge in [-0.3, -0.25) is 4.79 Å². The predicted octanol–water partition coefficient (Wildman–Crippen LogP) is 1.58. The van der Waals surface area contributed by atoms with E-state index >= 15 is 0 Å². The van der Waals surface area contributed by atoms with Crippen LogP contribution in [0, 0.1) is 0 Å². The van der Waals surface area contributed by atoms with Crippen molar-refractivity contribution in [1.29, 1.82) is 0 Å². The lowest BCUT2D eigenvalue weighted by Gasteiger charge is -2.42. The summed E-state index contributed by atoms with van der Waals surface area (Å²) in [6.07, 6.45) is -0.941. The van der Waals surface area contributed by atoms with E-state index in [1.807, 2.05) is 13.8 Å². The smallest absolute Gasteiger partial charge is 0.271 e. The van der Waals surface area contributed by atoms with Gasteiger partial charge in [0, 0.05) is 25.8 Å². The Morgan fingerprint density at radius 1 is 1.53 bits per heavy atom. The normalized spacial score (nSPS) is 18.9. The molecular formula is C13H19F2N3O. The molecule has 0 atom stereocenters. The van der Waals surface area contributed by atoms with Crippen LogP contribution in [-0.2, 0) is 6.54 Å². The molecule has 106 valence electrons. The van der Waals surface area contributed by atoms with Crippen molar-refractivity contribution in [3.8, 4) is 0 Å². The fraction of sp³-hybridized carbons (Fsp3) is 0.615. The second kappa shape index (κ2) is 5.28. The van der Waals surface area contributed by atoms with E-state index < -0.39 is 13.0 Å². The highest BCUT2D eigenvalue weighted by atomic mass is 19.3. The summed E-state index contributed by atoms with van der Waals surface area (Å²) in [5.74, 6) is -0.183. The van der Waals surface area contributed by atoms with Crippen molar-refractivity contribution in [3.05, 3.63) is 24.0 Å². The molecule has 2 heterocycles. The maximum Gasteiger partial charge on any atom is 0.271 e. The van der Waals surface area contributed by atoms with Gasteiger partial charge in [-0.05, 0) is 26.0 Å². The zero-order chi connectivity index (χ0) is 14.0. The Bertz CT molecular complexity index is 456. The summed E-state index contributed by atoms with van der Waals surface area (Å²) in [4.78, 5) is 14.3. The van der Waals surface area contributed by atoms with Crippen molar-refractivity contribution < 1.29 is 13.6 Å². The number of aromatic nitrogens is 1. The van der Waals surface area contributed by atoms with E-state index in [4.69, 9.17) is 0 Å². The minimum atomic E-state index is -2.46. The summed E-state index contributed by atoms with van der Waals surface area (Å²) in [5.41, 5.74) is 0.0187. The van der Waals surface area contributed by atoms with Gasteiger partial charge in [0.1, 0.15) is 5.69 Å². The number of rotatable bonds is 3. The first-order valence-electron chi connectivity index (χ1n) is 6.38. The maximum atomic E-state index is 12.5. The lowest BCUT2D eigenvalue weighted by Crippen LogP contribution is -2.60. The first-order chi connectivity index (χ1) is 8.92. The lowest BCUT2D eigenvalue weighted by atomic mass is 9.99. The molecule has 0 aliphatic carbocycles. The predicted molar refractivity (Wildman–Crippen MR) is 68.4 cm³/mol. The molecule has 0 unspecified atom stereocenters. The van der Waals surface area contributed by atoms with Crippen LogP contribution in [0.3, 0.4) is 0 Å². The zero-order valence-electron chi connectivity index (χ0n) is 11.2. The van der Waals surface area contributed by atoms with E-state index in [1.54, 1.807) is 17.0 Å². The second-order valence-electron chi connectivity index (χ2n) is 5.38. The van der Waals surface area contributed by atoms with Gasteiger partial charge in [0.25, 0.3) is 12.3 Å². The Morgan fingerprint density at radius 2 is 2.26 bits per heavy atom. The fourth-order valence-electron chi connectivity index (χ4n) is 2.41. The molecule has 4 nitrogen and oxygen atoms in total. The van der Waals surface area contributed by atoms with Crippen molar-refractivity contribution >= 4 is 5.91 Å². The molecule has 6 heteroatoms. The fourth-order valence-corrected chi connectivity index (χ4v) is 2.41. The number of nitrogens with one attached hydrogen (secondary N) is 1. The summed E-state index contributed by atoms with van der Waals surface area (Å²) >= 11 is 0. The first kappa shape index (κ1) is 14.0. The van der Waals surface area contributed by atoms with E-state index in [0.717, 1.165) is 6.54 Å². The van der Waals surface area contributed by atoms with Crippen LogP contribution in [-0.4, -0.2) is 47.0 Å². The average molecular weight is 271 g/mol. The molecule has 1 fully saturated rings. The number of nitrogens with zero attached hydrogens (tertiary/aromatic N) is 2. The van der Waals surface area contributed by atoms with Crippen LogP contribution in [0.2, 0.25) is 0 Å². The van der Waals surface area contributed by atoms with Crippen LogP contribution in [0.5, 0.6) is 0 Å². The molecule has 2 rings (SSSR count). The highest BCUT2D eigenvalue weighted by Gasteiger charge is 2.34. The molecule has 1 aliphatic rings. The van der Waals surface area contributed by atoms with Crippen LogP contribution in [0.4, 0.5) is 8.78 Å². The number of halogens is 2. The molecule has 19 heavy (non-hydrogen) atoms. The van der Waals surface area contributed by atoms with Crippen LogP contribution in [0.15, 0.2) is 18.3 Å². The van der Waals surface area contributed by atoms with Crippen molar-refractivity contribution in [2.45, 2.75) is 32.4 Å². The first-order valence-corrected chi connectivity index (χ1v) is 6.38. The highest BCUT2D eigenvalue weighted by molar-refractivity contribution is 5.93. The minimum absolute atomic E-state index is 0.183. The molecular weight excluding hydrogens is 252 g/mol. The van der Waals surface area contributed by atoms with Crippen molar-refractivity contribution in [3.63, 3.8) is 0 Å². The Balaban J connectivity index is 2.21. The summed E-state index contributed by atoms with van der Waals surface area (Å²) < 4.78 is 26.3. The van der Waals surface area contributed by atoms with Crippen molar-refractivity contribution in [2.24, 2.45) is 0 Å². The van der Waals surface area contributed by atoms with E-state index in [2.05, 4.69) is 5.32 Å². The number of hydrogen-bond acceptors (Lipinski definition) is 2. The Hall–Kier alpha value is -1.43. The van der Waals surface area contributed by atoms with Crippen LogP contribution >= 0.6 is 0 Å². The molecule has 1 aromatic rings. The topological polar surface area (TPSA) is 37.3 Å². The van der Waals surface area contributed by atoms with Gasteiger partial charge in [0.15, 0.2) is 0 Å². The van der Waals surface area contributed by atoms with E-state index in [0.29, 0.717) is 18.8 Å². The van der Waals surface area contributed by atoms with Gasteiger partial charge in [0.05, 0.1) is 12.1 Å². The minimum Gasteiger partial charge on any atom is -0.338 e. The number of hydrogen-bond donors (Lipinski definition) is 1. The number of carbonyl (C=O) groups is 1. The molecule has 1 amide bonds. The van der Waals surface area contributed by atoms with Gasteiger partial charge in [-0.15, -0.1) is 0 Å². The Morgan fingerprint density at radius 3 is 2.89 bits per heavy atom. The van der Waals surface area contributed by atoms with Crippen LogP contribution in [0.25, 0.3) is 0 Å². The third kappa shape index (κ3) is 2.94. The molecule has 1 saturated heterocycles. The number of alkyl halides is 2. The molecule has 0 spiro atoms. The monoisotopic (exact) mass is 271 g/mol. The van der Waals surface area contributed by atoms with Crippen molar-refractivity contribution in [2.75, 3.05) is 19.6 Å². The van der Waals surface area contributed by atoms with Gasteiger partial charge < -0.3 is 14.8 Å². The molecule has 0 saturated carbocycles. The average Bonchev–Trinajstić information content (AvgIpc) is 2.75. The van der Waals surface area contributed by atoms with Crippen LogP contribution in [0.1, 0.15) is 24.3 Å². The largest absolute Gasteiger partial charge is 0.338 e. The maximum absolute atomic E-state index is 12.5. The van der Waals surface area contributed by atoms with Gasteiger partial charge in [0.2, 0.25) is 0 Å². The van der Waals surface area contributed by atoms with E-state index in [1.165, 1.54) is 10.8 Å². The molecule has 0 aromatic carbocycles. The molecule has 1 aromatic heterocycles. The van der Waals surface area contributed by atoms with Gasteiger partial charge in [-0.25, -0.2) is 8.78 Å². The summed E-state index contributed by atoms with van der Waals surface area (Å²) in [5, 5.41) is 3.23. The molecule has 0 radical (unpaired) electrons. The van der Waals surface area contributed by atoms with Crippen LogP contribution < -0.4 is 5.32 Å². The van der Waals surface area contributed by atoms with Gasteiger partial charge in [-0.2, -0.15) is 0 Å². The lowest BCUT2D eigenvalue weighted by molar-refractivity contribution is 0.0460. The summed E-state index contributed by atoms with van der Waals surface area (Å²) in [7, 11) is 0. The quantitative estimate of drug-likeness (QED) is 0.906. The van der Waals surface area contributed by atoms with Gasteiger partial charge in [-0.1, -0.05) is 0 Å². The zero-order valence-corrected chi connectivity index (χ0v) is 11.2. The highest BCUT2D eigenvalue weighted by Crippen LogP contribution is 2.20. The van der Waals surface area contributed by atoms with Gasteiger partial charge >= 0.3 is 0 Å². The number of carbonyl (C=O) groups excluding carboxylic acids is 1. The third-order valence-corrected chi connectivity index (χ3v) is 3.43. The summed E-state index contributed by atoms with van der Waals surface area (Å²) in [6, 6.07) is 3.23. The molecule has 1 N–H and O–H groups in total. The molecule has 1 aliphatic heterocycles. The van der Waals surface area contributed by atoms with Crippen molar-refractivity contribution in [1.82, 2.24) is 14.8 Å².